The van der Waals surface area contributed by atoms with Crippen LogP contribution in [0.3, 0.4) is 0 Å². The SMILES string of the molecule is OCCC#Cc1ccsc1COCc1ccc(Cl)cc1. The minimum absolute atomic E-state index is 0.0968. The van der Waals surface area contributed by atoms with Gasteiger partial charge in [0.15, 0.2) is 0 Å². The van der Waals surface area contributed by atoms with Gasteiger partial charge in [-0.15, -0.1) is 11.3 Å². The van der Waals surface area contributed by atoms with Crippen molar-refractivity contribution in [2.45, 2.75) is 19.6 Å². The zero-order chi connectivity index (χ0) is 14.2. The van der Waals surface area contributed by atoms with Crippen molar-refractivity contribution in [3.63, 3.8) is 0 Å². The first-order valence-electron chi connectivity index (χ1n) is 6.28. The van der Waals surface area contributed by atoms with Gasteiger partial charge >= 0.3 is 0 Å². The van der Waals surface area contributed by atoms with Crippen molar-refractivity contribution >= 4 is 22.9 Å². The smallest absolute Gasteiger partial charge is 0.0826 e. The van der Waals surface area contributed by atoms with Crippen LogP contribution in [0.2, 0.25) is 5.02 Å². The summed E-state index contributed by atoms with van der Waals surface area (Å²) in [5.41, 5.74) is 2.08. The van der Waals surface area contributed by atoms with Gasteiger partial charge in [0.05, 0.1) is 19.8 Å². The fourth-order valence-corrected chi connectivity index (χ4v) is 2.51. The molecule has 4 heteroatoms. The van der Waals surface area contributed by atoms with Gasteiger partial charge in [0.25, 0.3) is 0 Å². The molecule has 1 aromatic carbocycles. The highest BCUT2D eigenvalue weighted by molar-refractivity contribution is 7.10. The van der Waals surface area contributed by atoms with Gasteiger partial charge < -0.3 is 9.84 Å². The van der Waals surface area contributed by atoms with E-state index in [9.17, 15) is 0 Å². The minimum Gasteiger partial charge on any atom is -0.395 e. The van der Waals surface area contributed by atoms with Gasteiger partial charge in [0, 0.05) is 21.9 Å². The predicted octanol–water partition coefficient (Wildman–Crippen LogP) is 3.85. The van der Waals surface area contributed by atoms with Crippen LogP contribution in [0.1, 0.15) is 22.4 Å². The van der Waals surface area contributed by atoms with E-state index in [1.807, 2.05) is 35.7 Å². The first-order chi connectivity index (χ1) is 9.79. The lowest BCUT2D eigenvalue weighted by atomic mass is 10.2. The van der Waals surface area contributed by atoms with E-state index in [0.29, 0.717) is 19.6 Å². The Kier molecular flexibility index (Phi) is 6.10. The highest BCUT2D eigenvalue weighted by atomic mass is 35.5. The van der Waals surface area contributed by atoms with E-state index in [-0.39, 0.29) is 6.61 Å². The second kappa shape index (κ2) is 8.08. The average Bonchev–Trinajstić information content (AvgIpc) is 2.89. The summed E-state index contributed by atoms with van der Waals surface area (Å²) in [6, 6.07) is 9.61. The third-order valence-corrected chi connectivity index (χ3v) is 3.77. The topological polar surface area (TPSA) is 29.5 Å². The molecule has 104 valence electrons. The number of aliphatic hydroxyl groups is 1. The Morgan fingerprint density at radius 1 is 1.15 bits per heavy atom. The Morgan fingerprint density at radius 2 is 1.95 bits per heavy atom. The highest BCUT2D eigenvalue weighted by Crippen LogP contribution is 2.18. The molecule has 0 aliphatic heterocycles. The van der Waals surface area contributed by atoms with Gasteiger partial charge in [-0.1, -0.05) is 35.6 Å². The first kappa shape index (κ1) is 15.1. The van der Waals surface area contributed by atoms with Gasteiger partial charge in [0.1, 0.15) is 0 Å². The molecule has 0 atom stereocenters. The van der Waals surface area contributed by atoms with E-state index in [4.69, 9.17) is 21.4 Å². The quantitative estimate of drug-likeness (QED) is 0.850. The molecule has 2 rings (SSSR count). The van der Waals surface area contributed by atoms with Crippen molar-refractivity contribution in [2.24, 2.45) is 0 Å². The molecule has 1 aromatic heterocycles. The Morgan fingerprint density at radius 3 is 2.70 bits per heavy atom. The van der Waals surface area contributed by atoms with Crippen molar-refractivity contribution in [1.82, 2.24) is 0 Å². The molecule has 0 spiro atoms. The van der Waals surface area contributed by atoms with Crippen molar-refractivity contribution in [3.05, 3.63) is 56.7 Å². The third kappa shape index (κ3) is 4.66. The Balaban J connectivity index is 1.87. The molecule has 20 heavy (non-hydrogen) atoms. The second-order valence-electron chi connectivity index (χ2n) is 4.15. The number of hydrogen-bond donors (Lipinski definition) is 1. The third-order valence-electron chi connectivity index (χ3n) is 2.62. The maximum atomic E-state index is 8.72. The minimum atomic E-state index is 0.0968. The van der Waals surface area contributed by atoms with Crippen LogP contribution in [0, 0.1) is 11.8 Å². The number of hydrogen-bond acceptors (Lipinski definition) is 3. The molecule has 1 heterocycles. The van der Waals surface area contributed by atoms with Gasteiger partial charge in [-0.25, -0.2) is 0 Å². The van der Waals surface area contributed by atoms with E-state index in [2.05, 4.69) is 11.8 Å². The fraction of sp³-hybridized carbons (Fsp3) is 0.250. The summed E-state index contributed by atoms with van der Waals surface area (Å²) < 4.78 is 5.70. The van der Waals surface area contributed by atoms with Crippen molar-refractivity contribution in [2.75, 3.05) is 6.61 Å². The van der Waals surface area contributed by atoms with Crippen LogP contribution in [-0.4, -0.2) is 11.7 Å². The molecular weight excluding hydrogens is 292 g/mol. The van der Waals surface area contributed by atoms with Crippen molar-refractivity contribution in [1.29, 1.82) is 0 Å². The fourth-order valence-electron chi connectivity index (χ4n) is 1.62. The second-order valence-corrected chi connectivity index (χ2v) is 5.59. The zero-order valence-corrected chi connectivity index (χ0v) is 12.5. The summed E-state index contributed by atoms with van der Waals surface area (Å²) in [4.78, 5) is 1.12. The van der Waals surface area contributed by atoms with E-state index in [1.54, 1.807) is 11.3 Å². The van der Waals surface area contributed by atoms with E-state index < -0.39 is 0 Å². The zero-order valence-electron chi connectivity index (χ0n) is 10.9. The molecule has 0 bridgehead atoms. The number of ether oxygens (including phenoxy) is 1. The maximum absolute atomic E-state index is 8.72. The molecule has 0 fully saturated rings. The number of aliphatic hydroxyl groups excluding tert-OH is 1. The molecule has 2 aromatic rings. The van der Waals surface area contributed by atoms with Crippen LogP contribution < -0.4 is 0 Å². The monoisotopic (exact) mass is 306 g/mol. The largest absolute Gasteiger partial charge is 0.395 e. The molecule has 0 aliphatic rings. The van der Waals surface area contributed by atoms with Crippen LogP contribution in [-0.2, 0) is 18.0 Å². The van der Waals surface area contributed by atoms with Gasteiger partial charge in [-0.2, -0.15) is 0 Å². The van der Waals surface area contributed by atoms with Crippen LogP contribution in [0.5, 0.6) is 0 Å². The number of halogens is 1. The normalized spacial score (nSPS) is 10.1. The summed E-state index contributed by atoms with van der Waals surface area (Å²) in [6.45, 7) is 1.20. The first-order valence-corrected chi connectivity index (χ1v) is 7.53. The van der Waals surface area contributed by atoms with Crippen LogP contribution in [0.25, 0.3) is 0 Å². The maximum Gasteiger partial charge on any atom is 0.0826 e. The number of thiophene rings is 1. The molecule has 0 unspecified atom stereocenters. The standard InChI is InChI=1S/C16H15ClO2S/c17-15-6-4-13(5-7-15)11-19-12-16-14(8-10-20-16)3-1-2-9-18/h4-8,10,18H,2,9,11-12H2. The Hall–Kier alpha value is -1.31. The Labute approximate surface area is 128 Å². The predicted molar refractivity (Wildman–Crippen MR) is 82.8 cm³/mol. The van der Waals surface area contributed by atoms with E-state index in [0.717, 1.165) is 21.0 Å². The molecular formula is C16H15ClO2S. The Bertz CT molecular complexity index is 593. The lowest BCUT2D eigenvalue weighted by molar-refractivity contribution is 0.109. The van der Waals surface area contributed by atoms with Crippen molar-refractivity contribution < 1.29 is 9.84 Å². The summed E-state index contributed by atoms with van der Waals surface area (Å²) in [7, 11) is 0. The lowest BCUT2D eigenvalue weighted by Gasteiger charge is -2.03. The highest BCUT2D eigenvalue weighted by Gasteiger charge is 2.02. The van der Waals surface area contributed by atoms with Crippen LogP contribution >= 0.6 is 22.9 Å². The molecule has 1 N–H and O–H groups in total. The van der Waals surface area contributed by atoms with E-state index in [1.165, 1.54) is 0 Å². The molecule has 0 saturated carbocycles. The molecule has 0 aliphatic carbocycles. The molecule has 0 saturated heterocycles. The molecule has 2 nitrogen and oxygen atoms in total. The summed E-state index contributed by atoms with van der Waals surface area (Å²) in [5, 5.41) is 11.5. The summed E-state index contributed by atoms with van der Waals surface area (Å²) in [6.07, 6.45) is 0.501. The molecule has 0 amide bonds. The van der Waals surface area contributed by atoms with Crippen LogP contribution in [0.15, 0.2) is 35.7 Å². The number of rotatable bonds is 5. The van der Waals surface area contributed by atoms with E-state index >= 15 is 0 Å². The van der Waals surface area contributed by atoms with Crippen molar-refractivity contribution in [3.8, 4) is 11.8 Å². The lowest BCUT2D eigenvalue weighted by Crippen LogP contribution is -1.93. The summed E-state index contributed by atoms with van der Waals surface area (Å²) in [5.74, 6) is 5.98. The van der Waals surface area contributed by atoms with Gasteiger partial charge in [0.2, 0.25) is 0 Å². The van der Waals surface area contributed by atoms with Gasteiger partial charge in [-0.05, 0) is 29.1 Å². The van der Waals surface area contributed by atoms with Crippen LogP contribution in [0.4, 0.5) is 0 Å². The molecule has 0 radical (unpaired) electrons. The van der Waals surface area contributed by atoms with Gasteiger partial charge in [-0.3, -0.25) is 0 Å². The number of benzene rings is 1. The summed E-state index contributed by atoms with van der Waals surface area (Å²) >= 11 is 7.47. The average molecular weight is 307 g/mol.